The van der Waals surface area contributed by atoms with Crippen molar-refractivity contribution in [2.75, 3.05) is 5.75 Å². The Kier molecular flexibility index (Phi) is 5.23. The van der Waals surface area contributed by atoms with Gasteiger partial charge in [-0.3, -0.25) is 4.98 Å². The van der Waals surface area contributed by atoms with Crippen molar-refractivity contribution >= 4 is 22.8 Å². The molecule has 0 aromatic carbocycles. The Balaban J connectivity index is 1.61. The van der Waals surface area contributed by atoms with Gasteiger partial charge in [-0.2, -0.15) is 0 Å². The summed E-state index contributed by atoms with van der Waals surface area (Å²) in [4.78, 5) is 17.4. The number of unbranched alkanes of at least 4 members (excludes halogenated alkanes) is 1. The fourth-order valence-corrected chi connectivity index (χ4v) is 3.51. The van der Waals surface area contributed by atoms with Crippen LogP contribution in [0.2, 0.25) is 0 Å². The number of thioether (sulfide) groups is 1. The van der Waals surface area contributed by atoms with Crippen LogP contribution in [0.5, 0.6) is 0 Å². The third kappa shape index (κ3) is 3.69. The SMILES string of the molecule is CCc1nc2cncc(C)c2n1CCCCSc1ncccn1. The lowest BCUT2D eigenvalue weighted by Crippen LogP contribution is -2.04. The second-order valence-electron chi connectivity index (χ2n) is 5.44. The molecule has 6 heteroatoms. The second kappa shape index (κ2) is 7.55. The zero-order chi connectivity index (χ0) is 16.1. The van der Waals surface area contributed by atoms with Gasteiger partial charge < -0.3 is 4.57 Å². The first-order chi connectivity index (χ1) is 11.3. The topological polar surface area (TPSA) is 56.5 Å². The first kappa shape index (κ1) is 15.9. The summed E-state index contributed by atoms with van der Waals surface area (Å²) in [5.41, 5.74) is 3.44. The molecule has 0 saturated heterocycles. The lowest BCUT2D eigenvalue weighted by Gasteiger charge is -2.09. The zero-order valence-electron chi connectivity index (χ0n) is 13.6. The van der Waals surface area contributed by atoms with E-state index in [1.165, 1.54) is 11.1 Å². The Morgan fingerprint density at radius 3 is 2.74 bits per heavy atom. The molecule has 0 N–H and O–H groups in total. The van der Waals surface area contributed by atoms with E-state index in [-0.39, 0.29) is 0 Å². The largest absolute Gasteiger partial charge is 0.328 e. The van der Waals surface area contributed by atoms with Crippen LogP contribution in [-0.4, -0.2) is 30.3 Å². The molecule has 0 saturated carbocycles. The minimum absolute atomic E-state index is 0.858. The number of nitrogens with zero attached hydrogens (tertiary/aromatic N) is 5. The van der Waals surface area contributed by atoms with Crippen LogP contribution in [-0.2, 0) is 13.0 Å². The van der Waals surface area contributed by atoms with Gasteiger partial charge in [0.05, 0.1) is 11.7 Å². The van der Waals surface area contributed by atoms with Gasteiger partial charge in [0, 0.05) is 37.3 Å². The Labute approximate surface area is 140 Å². The molecule has 120 valence electrons. The third-order valence-electron chi connectivity index (χ3n) is 3.78. The molecule has 0 radical (unpaired) electrons. The number of aryl methyl sites for hydroxylation is 3. The highest BCUT2D eigenvalue weighted by Gasteiger charge is 2.11. The molecule has 3 aromatic heterocycles. The molecule has 0 aliphatic rings. The third-order valence-corrected chi connectivity index (χ3v) is 4.74. The number of aromatic nitrogens is 5. The van der Waals surface area contributed by atoms with Crippen LogP contribution in [0.15, 0.2) is 36.0 Å². The summed E-state index contributed by atoms with van der Waals surface area (Å²) in [7, 11) is 0. The van der Waals surface area contributed by atoms with Crippen molar-refractivity contribution in [2.24, 2.45) is 0 Å². The average molecular weight is 327 g/mol. The molecule has 0 aliphatic carbocycles. The molecule has 5 nitrogen and oxygen atoms in total. The molecule has 0 aliphatic heterocycles. The summed E-state index contributed by atoms with van der Waals surface area (Å²) in [6.07, 6.45) is 10.6. The van der Waals surface area contributed by atoms with E-state index in [9.17, 15) is 0 Å². The van der Waals surface area contributed by atoms with Gasteiger partial charge in [-0.1, -0.05) is 18.7 Å². The lowest BCUT2D eigenvalue weighted by atomic mass is 10.2. The van der Waals surface area contributed by atoms with Crippen LogP contribution < -0.4 is 0 Å². The first-order valence-electron chi connectivity index (χ1n) is 7.99. The molecular formula is C17H21N5S. The molecule has 0 amide bonds. The number of pyridine rings is 1. The maximum Gasteiger partial charge on any atom is 0.187 e. The maximum atomic E-state index is 4.71. The highest BCUT2D eigenvalue weighted by Crippen LogP contribution is 2.21. The van der Waals surface area contributed by atoms with Crippen molar-refractivity contribution in [3.05, 3.63) is 42.2 Å². The Bertz CT molecular complexity index is 769. The van der Waals surface area contributed by atoms with Crippen molar-refractivity contribution in [1.82, 2.24) is 24.5 Å². The van der Waals surface area contributed by atoms with Gasteiger partial charge >= 0.3 is 0 Å². The van der Waals surface area contributed by atoms with Crippen molar-refractivity contribution in [1.29, 1.82) is 0 Å². The van der Waals surface area contributed by atoms with Crippen molar-refractivity contribution < 1.29 is 0 Å². The van der Waals surface area contributed by atoms with Crippen LogP contribution in [0.4, 0.5) is 0 Å². The Morgan fingerprint density at radius 1 is 1.13 bits per heavy atom. The molecule has 3 rings (SSSR count). The molecule has 0 spiro atoms. The van der Waals surface area contributed by atoms with Crippen LogP contribution in [0.25, 0.3) is 11.0 Å². The van der Waals surface area contributed by atoms with Crippen molar-refractivity contribution in [3.63, 3.8) is 0 Å². The normalized spacial score (nSPS) is 11.2. The summed E-state index contributed by atoms with van der Waals surface area (Å²) in [6, 6.07) is 1.84. The standard InChI is InChI=1S/C17H21N5S/c1-3-15-21-14-12-18-11-13(2)16(14)22(15)9-4-5-10-23-17-19-7-6-8-20-17/h6-8,11-12H,3-5,9-10H2,1-2H3. The summed E-state index contributed by atoms with van der Waals surface area (Å²) in [6.45, 7) is 5.26. The maximum absolute atomic E-state index is 4.71. The lowest BCUT2D eigenvalue weighted by molar-refractivity contribution is 0.621. The van der Waals surface area contributed by atoms with Gasteiger partial charge in [-0.05, 0) is 31.4 Å². The van der Waals surface area contributed by atoms with Crippen LogP contribution in [0.3, 0.4) is 0 Å². The fraction of sp³-hybridized carbons (Fsp3) is 0.412. The van der Waals surface area contributed by atoms with Gasteiger partial charge in [-0.15, -0.1) is 0 Å². The Hall–Kier alpha value is -1.95. The zero-order valence-corrected chi connectivity index (χ0v) is 14.4. The molecule has 23 heavy (non-hydrogen) atoms. The van der Waals surface area contributed by atoms with E-state index in [1.807, 2.05) is 18.5 Å². The number of imidazole rings is 1. The first-order valence-corrected chi connectivity index (χ1v) is 8.97. The summed E-state index contributed by atoms with van der Waals surface area (Å²) in [5.74, 6) is 2.19. The molecule has 0 atom stereocenters. The van der Waals surface area contributed by atoms with Gasteiger partial charge in [0.25, 0.3) is 0 Å². The highest BCUT2D eigenvalue weighted by molar-refractivity contribution is 7.99. The van der Waals surface area contributed by atoms with Crippen LogP contribution >= 0.6 is 11.8 Å². The quantitative estimate of drug-likeness (QED) is 0.376. The van der Waals surface area contributed by atoms with Gasteiger partial charge in [0.2, 0.25) is 0 Å². The predicted molar refractivity (Wildman–Crippen MR) is 93.6 cm³/mol. The minimum atomic E-state index is 0.858. The molecule has 0 fully saturated rings. The van der Waals surface area contributed by atoms with Gasteiger partial charge in [0.15, 0.2) is 5.16 Å². The van der Waals surface area contributed by atoms with E-state index in [2.05, 4.69) is 33.4 Å². The van der Waals surface area contributed by atoms with E-state index in [0.717, 1.165) is 48.1 Å². The van der Waals surface area contributed by atoms with Crippen molar-refractivity contribution in [3.8, 4) is 0 Å². The Morgan fingerprint density at radius 2 is 1.96 bits per heavy atom. The van der Waals surface area contributed by atoms with E-state index in [4.69, 9.17) is 4.98 Å². The number of hydrogen-bond donors (Lipinski definition) is 0. The molecule has 0 unspecified atom stereocenters. The van der Waals surface area contributed by atoms with Gasteiger partial charge in [0.1, 0.15) is 11.3 Å². The van der Waals surface area contributed by atoms with E-state index >= 15 is 0 Å². The van der Waals surface area contributed by atoms with Gasteiger partial charge in [-0.25, -0.2) is 15.0 Å². The number of hydrogen-bond acceptors (Lipinski definition) is 5. The summed E-state index contributed by atoms with van der Waals surface area (Å²) >= 11 is 1.72. The monoisotopic (exact) mass is 327 g/mol. The molecule has 3 aromatic rings. The smallest absolute Gasteiger partial charge is 0.187 e. The summed E-state index contributed by atoms with van der Waals surface area (Å²) < 4.78 is 2.36. The van der Waals surface area contributed by atoms with E-state index < -0.39 is 0 Å². The molecule has 0 bridgehead atoms. The van der Waals surface area contributed by atoms with E-state index in [1.54, 1.807) is 24.2 Å². The predicted octanol–water partition coefficient (Wildman–Crippen LogP) is 3.66. The molecular weight excluding hydrogens is 306 g/mol. The fourth-order valence-electron chi connectivity index (χ4n) is 2.71. The summed E-state index contributed by atoms with van der Waals surface area (Å²) in [5, 5.41) is 0.858. The number of fused-ring (bicyclic) bond motifs is 1. The average Bonchev–Trinajstić information content (AvgIpc) is 2.95. The molecule has 3 heterocycles. The van der Waals surface area contributed by atoms with E-state index in [0.29, 0.717) is 0 Å². The number of rotatable bonds is 7. The second-order valence-corrected chi connectivity index (χ2v) is 6.51. The van der Waals surface area contributed by atoms with Crippen molar-refractivity contribution in [2.45, 2.75) is 44.8 Å². The van der Waals surface area contributed by atoms with Crippen LogP contribution in [0.1, 0.15) is 31.2 Å². The highest BCUT2D eigenvalue weighted by atomic mass is 32.2. The van der Waals surface area contributed by atoms with Crippen LogP contribution in [0, 0.1) is 6.92 Å². The minimum Gasteiger partial charge on any atom is -0.328 e.